The van der Waals surface area contributed by atoms with Crippen LogP contribution in [0.1, 0.15) is 31.1 Å². The van der Waals surface area contributed by atoms with Crippen molar-refractivity contribution < 1.29 is 24.2 Å². The Balaban J connectivity index is 2.27. The Kier molecular flexibility index (Phi) is 5.37. The SMILES string of the molecule is CC(C)(C)OC(=O)NCCOc1ccc(C(=O)O)cc1. The van der Waals surface area contributed by atoms with Crippen LogP contribution in [0.2, 0.25) is 0 Å². The molecule has 0 fully saturated rings. The Morgan fingerprint density at radius 3 is 2.30 bits per heavy atom. The highest BCUT2D eigenvalue weighted by Gasteiger charge is 2.15. The van der Waals surface area contributed by atoms with Crippen molar-refractivity contribution in [1.29, 1.82) is 0 Å². The number of hydrogen-bond donors (Lipinski definition) is 2. The lowest BCUT2D eigenvalue weighted by Crippen LogP contribution is -2.34. The maximum Gasteiger partial charge on any atom is 0.407 e. The van der Waals surface area contributed by atoms with Gasteiger partial charge in [-0.25, -0.2) is 9.59 Å². The molecule has 0 aliphatic heterocycles. The van der Waals surface area contributed by atoms with Crippen LogP contribution in [0, 0.1) is 0 Å². The van der Waals surface area contributed by atoms with Crippen molar-refractivity contribution in [3.05, 3.63) is 29.8 Å². The van der Waals surface area contributed by atoms with E-state index in [1.807, 2.05) is 0 Å². The largest absolute Gasteiger partial charge is 0.492 e. The minimum Gasteiger partial charge on any atom is -0.492 e. The molecule has 0 radical (unpaired) electrons. The van der Waals surface area contributed by atoms with E-state index in [1.54, 1.807) is 32.9 Å². The van der Waals surface area contributed by atoms with Gasteiger partial charge in [0.05, 0.1) is 12.1 Å². The molecule has 1 rings (SSSR count). The highest BCUT2D eigenvalue weighted by atomic mass is 16.6. The van der Waals surface area contributed by atoms with E-state index in [2.05, 4.69) is 5.32 Å². The van der Waals surface area contributed by atoms with Crippen LogP contribution < -0.4 is 10.1 Å². The number of carboxylic acid groups (broad SMARTS) is 1. The van der Waals surface area contributed by atoms with Crippen molar-refractivity contribution in [3.63, 3.8) is 0 Å². The van der Waals surface area contributed by atoms with E-state index in [1.165, 1.54) is 12.1 Å². The van der Waals surface area contributed by atoms with Crippen LogP contribution in [0.4, 0.5) is 4.79 Å². The van der Waals surface area contributed by atoms with Gasteiger partial charge in [-0.3, -0.25) is 0 Å². The van der Waals surface area contributed by atoms with Crippen molar-refractivity contribution in [3.8, 4) is 5.75 Å². The summed E-state index contributed by atoms with van der Waals surface area (Å²) in [5, 5.41) is 11.3. The maximum absolute atomic E-state index is 11.3. The van der Waals surface area contributed by atoms with Crippen LogP contribution in [-0.4, -0.2) is 35.9 Å². The lowest BCUT2D eigenvalue weighted by Gasteiger charge is -2.19. The van der Waals surface area contributed by atoms with Crippen molar-refractivity contribution in [2.75, 3.05) is 13.2 Å². The Morgan fingerprint density at radius 1 is 1.20 bits per heavy atom. The highest BCUT2D eigenvalue weighted by Crippen LogP contribution is 2.11. The van der Waals surface area contributed by atoms with Gasteiger partial charge in [0.2, 0.25) is 0 Å². The first-order valence-corrected chi connectivity index (χ1v) is 6.21. The summed E-state index contributed by atoms with van der Waals surface area (Å²) in [5.74, 6) is -0.441. The smallest absolute Gasteiger partial charge is 0.407 e. The number of benzene rings is 1. The molecule has 0 aromatic heterocycles. The fourth-order valence-electron chi connectivity index (χ4n) is 1.33. The molecule has 0 spiro atoms. The number of rotatable bonds is 5. The van der Waals surface area contributed by atoms with Crippen LogP contribution in [-0.2, 0) is 4.74 Å². The van der Waals surface area contributed by atoms with E-state index in [-0.39, 0.29) is 12.2 Å². The van der Waals surface area contributed by atoms with E-state index in [0.717, 1.165) is 0 Å². The number of carbonyl (C=O) groups is 2. The molecule has 110 valence electrons. The van der Waals surface area contributed by atoms with Crippen molar-refractivity contribution in [2.45, 2.75) is 26.4 Å². The van der Waals surface area contributed by atoms with Crippen LogP contribution in [0.5, 0.6) is 5.75 Å². The van der Waals surface area contributed by atoms with Gasteiger partial charge in [0, 0.05) is 0 Å². The zero-order valence-corrected chi connectivity index (χ0v) is 11.8. The molecule has 20 heavy (non-hydrogen) atoms. The Morgan fingerprint density at radius 2 is 1.80 bits per heavy atom. The normalized spacial score (nSPS) is 10.8. The maximum atomic E-state index is 11.3. The molecule has 0 heterocycles. The van der Waals surface area contributed by atoms with Crippen molar-refractivity contribution in [1.82, 2.24) is 5.32 Å². The number of amides is 1. The standard InChI is InChI=1S/C14H19NO5/c1-14(2,3)20-13(18)15-8-9-19-11-6-4-10(5-7-11)12(16)17/h4-7H,8-9H2,1-3H3,(H,15,18)(H,16,17). The quantitative estimate of drug-likeness (QED) is 0.809. The Labute approximate surface area is 117 Å². The molecule has 0 saturated heterocycles. The predicted octanol–water partition coefficient (Wildman–Crippen LogP) is 2.29. The first-order valence-electron chi connectivity index (χ1n) is 6.21. The highest BCUT2D eigenvalue weighted by molar-refractivity contribution is 5.87. The second kappa shape index (κ2) is 6.79. The third-order valence-corrected chi connectivity index (χ3v) is 2.14. The molecule has 0 aliphatic rings. The summed E-state index contributed by atoms with van der Waals surface area (Å²) in [6.45, 7) is 5.93. The summed E-state index contributed by atoms with van der Waals surface area (Å²) in [5.41, 5.74) is -0.332. The number of hydrogen-bond acceptors (Lipinski definition) is 4. The summed E-state index contributed by atoms with van der Waals surface area (Å²) in [6, 6.07) is 6.05. The van der Waals surface area contributed by atoms with E-state index < -0.39 is 17.7 Å². The number of carbonyl (C=O) groups excluding carboxylic acids is 1. The number of ether oxygens (including phenoxy) is 2. The first-order chi connectivity index (χ1) is 9.28. The Bertz CT molecular complexity index is 461. The monoisotopic (exact) mass is 281 g/mol. The molecule has 6 nitrogen and oxygen atoms in total. The Hall–Kier alpha value is -2.24. The molecular weight excluding hydrogens is 262 g/mol. The second-order valence-electron chi connectivity index (χ2n) is 5.11. The number of aromatic carboxylic acids is 1. The first kappa shape index (κ1) is 15.8. The van der Waals surface area contributed by atoms with Gasteiger partial charge in [0.1, 0.15) is 18.0 Å². The molecule has 1 aromatic rings. The summed E-state index contributed by atoms with van der Waals surface area (Å²) in [4.78, 5) is 22.0. The van der Waals surface area contributed by atoms with E-state index in [4.69, 9.17) is 14.6 Å². The number of alkyl carbamates (subject to hydrolysis) is 1. The molecule has 0 unspecified atom stereocenters. The van der Waals surface area contributed by atoms with Gasteiger partial charge < -0.3 is 19.9 Å². The summed E-state index contributed by atoms with van der Waals surface area (Å²) in [7, 11) is 0. The zero-order valence-electron chi connectivity index (χ0n) is 11.8. The van der Waals surface area contributed by atoms with E-state index in [9.17, 15) is 9.59 Å². The molecule has 6 heteroatoms. The lowest BCUT2D eigenvalue weighted by molar-refractivity contribution is 0.0519. The summed E-state index contributed by atoms with van der Waals surface area (Å²) < 4.78 is 10.4. The predicted molar refractivity (Wildman–Crippen MR) is 73.1 cm³/mol. The lowest BCUT2D eigenvalue weighted by atomic mass is 10.2. The molecule has 1 amide bonds. The van der Waals surface area contributed by atoms with E-state index in [0.29, 0.717) is 12.3 Å². The van der Waals surface area contributed by atoms with Gasteiger partial charge in [-0.15, -0.1) is 0 Å². The van der Waals surface area contributed by atoms with Crippen LogP contribution >= 0.6 is 0 Å². The van der Waals surface area contributed by atoms with Gasteiger partial charge >= 0.3 is 12.1 Å². The van der Waals surface area contributed by atoms with Gasteiger partial charge in [-0.1, -0.05) is 0 Å². The third-order valence-electron chi connectivity index (χ3n) is 2.14. The van der Waals surface area contributed by atoms with Crippen molar-refractivity contribution >= 4 is 12.1 Å². The topological polar surface area (TPSA) is 84.9 Å². The number of nitrogens with one attached hydrogen (secondary N) is 1. The minimum absolute atomic E-state index is 0.198. The van der Waals surface area contributed by atoms with Gasteiger partial charge in [-0.2, -0.15) is 0 Å². The molecule has 0 aliphatic carbocycles. The van der Waals surface area contributed by atoms with E-state index >= 15 is 0 Å². The fourth-order valence-corrected chi connectivity index (χ4v) is 1.33. The molecule has 0 saturated carbocycles. The van der Waals surface area contributed by atoms with Crippen LogP contribution in [0.25, 0.3) is 0 Å². The molecule has 2 N–H and O–H groups in total. The van der Waals surface area contributed by atoms with Gasteiger partial charge in [0.25, 0.3) is 0 Å². The third kappa shape index (κ3) is 6.08. The zero-order chi connectivity index (χ0) is 15.2. The second-order valence-corrected chi connectivity index (χ2v) is 5.11. The molecule has 0 atom stereocenters. The van der Waals surface area contributed by atoms with Gasteiger partial charge in [0.15, 0.2) is 0 Å². The average molecular weight is 281 g/mol. The molecule has 1 aromatic carbocycles. The molecule has 0 bridgehead atoms. The summed E-state index contributed by atoms with van der Waals surface area (Å²) >= 11 is 0. The van der Waals surface area contributed by atoms with Crippen LogP contribution in [0.3, 0.4) is 0 Å². The van der Waals surface area contributed by atoms with Crippen molar-refractivity contribution in [2.24, 2.45) is 0 Å². The average Bonchev–Trinajstić information content (AvgIpc) is 2.33. The van der Waals surface area contributed by atoms with Crippen LogP contribution in [0.15, 0.2) is 24.3 Å². The molecular formula is C14H19NO5. The minimum atomic E-state index is -0.983. The fraction of sp³-hybridized carbons (Fsp3) is 0.429. The summed E-state index contributed by atoms with van der Waals surface area (Å²) in [6.07, 6.45) is -0.498. The number of carboxylic acids is 1. The van der Waals surface area contributed by atoms with Gasteiger partial charge in [-0.05, 0) is 45.0 Å².